The fourth-order valence-electron chi connectivity index (χ4n) is 1.68. The normalized spacial score (nSPS) is 17.1. The molecule has 1 saturated carbocycles. The molecule has 0 bridgehead atoms. The number of nitrogens with one attached hydrogen (secondary N) is 1. The van der Waals surface area contributed by atoms with Gasteiger partial charge < -0.3 is 11.1 Å². The standard InChI is InChI=1S/C11H15N3S/c1-7(8-4-5-8)14-9-3-2-6-13-10(9)11(12)15/h2-3,6-8,14H,4-5H2,1H3,(H2,12,15). The summed E-state index contributed by atoms with van der Waals surface area (Å²) in [4.78, 5) is 4.53. The lowest BCUT2D eigenvalue weighted by molar-refractivity contribution is 0.693. The van der Waals surface area contributed by atoms with Crippen LogP contribution in [0.1, 0.15) is 25.5 Å². The maximum absolute atomic E-state index is 5.61. The lowest BCUT2D eigenvalue weighted by atomic mass is 10.2. The molecule has 1 fully saturated rings. The molecule has 0 aromatic carbocycles. The molecule has 1 unspecified atom stereocenters. The lowest BCUT2D eigenvalue weighted by Gasteiger charge is -2.16. The van der Waals surface area contributed by atoms with Crippen LogP contribution in [0.3, 0.4) is 0 Å². The quantitative estimate of drug-likeness (QED) is 0.763. The molecule has 3 N–H and O–H groups in total. The molecule has 1 aromatic rings. The number of pyridine rings is 1. The van der Waals surface area contributed by atoms with Gasteiger partial charge in [0, 0.05) is 12.2 Å². The molecular formula is C11H15N3S. The summed E-state index contributed by atoms with van der Waals surface area (Å²) >= 11 is 4.96. The molecule has 1 atom stereocenters. The molecular weight excluding hydrogens is 206 g/mol. The highest BCUT2D eigenvalue weighted by Gasteiger charge is 2.28. The van der Waals surface area contributed by atoms with E-state index in [0.717, 1.165) is 11.6 Å². The number of hydrogen-bond donors (Lipinski definition) is 2. The highest BCUT2D eigenvalue weighted by molar-refractivity contribution is 7.80. The third kappa shape index (κ3) is 2.45. The molecule has 0 saturated heterocycles. The number of anilines is 1. The maximum Gasteiger partial charge on any atom is 0.124 e. The van der Waals surface area contributed by atoms with Crippen molar-refractivity contribution < 1.29 is 0 Å². The predicted octanol–water partition coefficient (Wildman–Crippen LogP) is 1.93. The molecule has 4 heteroatoms. The van der Waals surface area contributed by atoms with Gasteiger partial charge in [0.15, 0.2) is 0 Å². The smallest absolute Gasteiger partial charge is 0.124 e. The summed E-state index contributed by atoms with van der Waals surface area (Å²) in [5.41, 5.74) is 7.25. The van der Waals surface area contributed by atoms with Crippen molar-refractivity contribution in [3.8, 4) is 0 Å². The molecule has 0 radical (unpaired) electrons. The van der Waals surface area contributed by atoms with Crippen LogP contribution in [0.25, 0.3) is 0 Å². The number of aromatic nitrogens is 1. The van der Waals surface area contributed by atoms with E-state index in [1.54, 1.807) is 6.20 Å². The second-order valence-corrected chi connectivity index (χ2v) is 4.47. The Balaban J connectivity index is 2.15. The van der Waals surface area contributed by atoms with Crippen LogP contribution in [-0.2, 0) is 0 Å². The molecule has 1 aliphatic carbocycles. The Morgan fingerprint density at radius 2 is 2.40 bits per heavy atom. The van der Waals surface area contributed by atoms with E-state index >= 15 is 0 Å². The molecule has 3 nitrogen and oxygen atoms in total. The summed E-state index contributed by atoms with van der Waals surface area (Å²) in [6.07, 6.45) is 4.34. The van der Waals surface area contributed by atoms with Gasteiger partial charge in [-0.1, -0.05) is 12.2 Å². The minimum atomic E-state index is 0.348. The molecule has 0 aliphatic heterocycles. The first kappa shape index (κ1) is 10.4. The number of nitrogens with zero attached hydrogens (tertiary/aromatic N) is 1. The van der Waals surface area contributed by atoms with E-state index in [4.69, 9.17) is 18.0 Å². The Hall–Kier alpha value is -1.16. The van der Waals surface area contributed by atoms with Crippen molar-refractivity contribution in [3.05, 3.63) is 24.0 Å². The zero-order chi connectivity index (χ0) is 10.8. The largest absolute Gasteiger partial charge is 0.388 e. The fraction of sp³-hybridized carbons (Fsp3) is 0.455. The Bertz CT molecular complexity index is 374. The molecule has 1 aromatic heterocycles. The molecule has 1 heterocycles. The fourth-order valence-corrected chi connectivity index (χ4v) is 1.84. The molecule has 1 aliphatic rings. The Labute approximate surface area is 95.1 Å². The second kappa shape index (κ2) is 4.14. The highest BCUT2D eigenvalue weighted by atomic mass is 32.1. The summed E-state index contributed by atoms with van der Waals surface area (Å²) in [5.74, 6) is 0.796. The molecule has 0 spiro atoms. The third-order valence-electron chi connectivity index (χ3n) is 2.75. The zero-order valence-electron chi connectivity index (χ0n) is 8.73. The Kier molecular flexibility index (Phi) is 2.86. The van der Waals surface area contributed by atoms with E-state index in [-0.39, 0.29) is 0 Å². The molecule has 2 rings (SSSR count). The topological polar surface area (TPSA) is 50.9 Å². The van der Waals surface area contributed by atoms with Crippen molar-refractivity contribution in [3.63, 3.8) is 0 Å². The Morgan fingerprint density at radius 3 is 3.00 bits per heavy atom. The van der Waals surface area contributed by atoms with Gasteiger partial charge in [-0.2, -0.15) is 0 Å². The highest BCUT2D eigenvalue weighted by Crippen LogP contribution is 2.34. The van der Waals surface area contributed by atoms with Crippen LogP contribution in [-0.4, -0.2) is 16.0 Å². The first-order valence-electron chi connectivity index (χ1n) is 5.20. The zero-order valence-corrected chi connectivity index (χ0v) is 9.55. The summed E-state index contributed by atoms with van der Waals surface area (Å²) < 4.78 is 0. The Morgan fingerprint density at radius 1 is 1.67 bits per heavy atom. The number of rotatable bonds is 4. The van der Waals surface area contributed by atoms with Gasteiger partial charge in [0.1, 0.15) is 10.7 Å². The number of hydrogen-bond acceptors (Lipinski definition) is 3. The summed E-state index contributed by atoms with van der Waals surface area (Å²) in [6.45, 7) is 2.19. The predicted molar refractivity (Wildman–Crippen MR) is 65.9 cm³/mol. The van der Waals surface area contributed by atoms with Crippen LogP contribution < -0.4 is 11.1 Å². The van der Waals surface area contributed by atoms with E-state index in [2.05, 4.69) is 17.2 Å². The maximum atomic E-state index is 5.61. The SMILES string of the molecule is CC(Nc1cccnc1C(N)=S)C1CC1. The second-order valence-electron chi connectivity index (χ2n) is 4.03. The van der Waals surface area contributed by atoms with Crippen molar-refractivity contribution in [2.75, 3.05) is 5.32 Å². The molecule has 80 valence electrons. The summed E-state index contributed by atoms with van der Waals surface area (Å²) in [7, 11) is 0. The van der Waals surface area contributed by atoms with Gasteiger partial charge in [-0.05, 0) is 37.8 Å². The molecule has 15 heavy (non-hydrogen) atoms. The van der Waals surface area contributed by atoms with Gasteiger partial charge in [0.05, 0.1) is 5.69 Å². The summed E-state index contributed by atoms with van der Waals surface area (Å²) in [5, 5.41) is 3.42. The van der Waals surface area contributed by atoms with Crippen molar-refractivity contribution in [2.24, 2.45) is 11.7 Å². The number of nitrogens with two attached hydrogens (primary N) is 1. The van der Waals surface area contributed by atoms with Crippen LogP contribution >= 0.6 is 12.2 Å². The first-order chi connectivity index (χ1) is 7.18. The average Bonchev–Trinajstić information content (AvgIpc) is 3.01. The number of thiocarbonyl (C=S) groups is 1. The van der Waals surface area contributed by atoms with Gasteiger partial charge in [0.25, 0.3) is 0 Å². The van der Waals surface area contributed by atoms with Crippen molar-refractivity contribution >= 4 is 22.9 Å². The molecule has 0 amide bonds. The average molecular weight is 221 g/mol. The van der Waals surface area contributed by atoms with Crippen LogP contribution in [0, 0.1) is 5.92 Å². The van der Waals surface area contributed by atoms with Crippen LogP contribution in [0.15, 0.2) is 18.3 Å². The van der Waals surface area contributed by atoms with Crippen LogP contribution in [0.5, 0.6) is 0 Å². The lowest BCUT2D eigenvalue weighted by Crippen LogP contribution is -2.21. The van der Waals surface area contributed by atoms with Crippen LogP contribution in [0.4, 0.5) is 5.69 Å². The van der Waals surface area contributed by atoms with Gasteiger partial charge in [-0.3, -0.25) is 4.98 Å². The van der Waals surface area contributed by atoms with E-state index in [9.17, 15) is 0 Å². The van der Waals surface area contributed by atoms with Gasteiger partial charge >= 0.3 is 0 Å². The van der Waals surface area contributed by atoms with E-state index < -0.39 is 0 Å². The van der Waals surface area contributed by atoms with E-state index in [1.807, 2.05) is 12.1 Å². The first-order valence-corrected chi connectivity index (χ1v) is 5.60. The minimum absolute atomic E-state index is 0.348. The van der Waals surface area contributed by atoms with Gasteiger partial charge in [-0.15, -0.1) is 0 Å². The van der Waals surface area contributed by atoms with E-state index in [1.165, 1.54) is 12.8 Å². The minimum Gasteiger partial charge on any atom is -0.388 e. The van der Waals surface area contributed by atoms with Crippen molar-refractivity contribution in [1.29, 1.82) is 0 Å². The van der Waals surface area contributed by atoms with Gasteiger partial charge in [0.2, 0.25) is 0 Å². The van der Waals surface area contributed by atoms with Crippen molar-refractivity contribution in [1.82, 2.24) is 4.98 Å². The monoisotopic (exact) mass is 221 g/mol. The van der Waals surface area contributed by atoms with Crippen molar-refractivity contribution in [2.45, 2.75) is 25.8 Å². The van der Waals surface area contributed by atoms with Crippen LogP contribution in [0.2, 0.25) is 0 Å². The summed E-state index contributed by atoms with van der Waals surface area (Å²) in [6, 6.07) is 4.34. The van der Waals surface area contributed by atoms with E-state index in [0.29, 0.717) is 16.7 Å². The van der Waals surface area contributed by atoms with Gasteiger partial charge in [-0.25, -0.2) is 0 Å². The third-order valence-corrected chi connectivity index (χ3v) is 2.95.